The predicted octanol–water partition coefficient (Wildman–Crippen LogP) is 2.90. The smallest absolute Gasteiger partial charge is 0.167 e. The fourth-order valence-corrected chi connectivity index (χ4v) is 3.93. The van der Waals surface area contributed by atoms with E-state index in [0.29, 0.717) is 28.2 Å². The third-order valence-electron chi connectivity index (χ3n) is 4.72. The first-order valence-corrected chi connectivity index (χ1v) is 7.13. The van der Waals surface area contributed by atoms with Crippen molar-refractivity contribution in [2.45, 2.75) is 25.3 Å². The maximum atomic E-state index is 12.6. The van der Waals surface area contributed by atoms with Gasteiger partial charge in [-0.3, -0.25) is 4.79 Å². The zero-order valence-electron chi connectivity index (χ0n) is 10.9. The number of rotatable bonds is 3. The Morgan fingerprint density at radius 1 is 1.37 bits per heavy atom. The van der Waals surface area contributed by atoms with E-state index in [0.717, 1.165) is 12.8 Å². The third-order valence-corrected chi connectivity index (χ3v) is 5.03. The fraction of sp³-hybridized carbons (Fsp3) is 0.533. The summed E-state index contributed by atoms with van der Waals surface area (Å²) in [6, 6.07) is 5.23. The lowest BCUT2D eigenvalue weighted by molar-refractivity contribution is 0.0856. The highest BCUT2D eigenvalue weighted by atomic mass is 35.5. The van der Waals surface area contributed by atoms with Crippen molar-refractivity contribution in [1.29, 1.82) is 0 Å². The SMILES string of the molecule is COc1cc(C(=O)C2C3CCC(C3)C2N)ccc1Cl. The van der Waals surface area contributed by atoms with Gasteiger partial charge in [0.25, 0.3) is 0 Å². The minimum absolute atomic E-state index is 0.0212. The summed E-state index contributed by atoms with van der Waals surface area (Å²) in [5.74, 6) is 1.67. The van der Waals surface area contributed by atoms with E-state index < -0.39 is 0 Å². The third kappa shape index (κ3) is 2.05. The first-order valence-electron chi connectivity index (χ1n) is 6.75. The Bertz CT molecular complexity index is 515. The number of nitrogens with two attached hydrogens (primary N) is 1. The number of ether oxygens (including phenoxy) is 1. The average Bonchev–Trinajstić information content (AvgIpc) is 2.99. The zero-order valence-corrected chi connectivity index (χ0v) is 11.7. The number of ketones is 1. The summed E-state index contributed by atoms with van der Waals surface area (Å²) < 4.78 is 5.17. The van der Waals surface area contributed by atoms with Gasteiger partial charge < -0.3 is 10.5 Å². The van der Waals surface area contributed by atoms with E-state index in [-0.39, 0.29) is 17.7 Å². The lowest BCUT2D eigenvalue weighted by atomic mass is 9.80. The summed E-state index contributed by atoms with van der Waals surface area (Å²) in [6.45, 7) is 0. The van der Waals surface area contributed by atoms with Crippen LogP contribution in [0.4, 0.5) is 0 Å². The lowest BCUT2D eigenvalue weighted by Gasteiger charge is -2.27. The van der Waals surface area contributed by atoms with Crippen LogP contribution in [0.25, 0.3) is 0 Å². The first kappa shape index (κ1) is 12.9. The van der Waals surface area contributed by atoms with Gasteiger partial charge in [-0.05, 0) is 49.3 Å². The molecular weight excluding hydrogens is 262 g/mol. The molecule has 1 aromatic rings. The van der Waals surface area contributed by atoms with Crippen molar-refractivity contribution in [1.82, 2.24) is 0 Å². The maximum Gasteiger partial charge on any atom is 0.167 e. The number of fused-ring (bicyclic) bond motifs is 2. The lowest BCUT2D eigenvalue weighted by Crippen LogP contribution is -2.40. The van der Waals surface area contributed by atoms with Crippen molar-refractivity contribution in [3.63, 3.8) is 0 Å². The highest BCUT2D eigenvalue weighted by Gasteiger charge is 2.49. The Morgan fingerprint density at radius 2 is 2.11 bits per heavy atom. The van der Waals surface area contributed by atoms with Crippen molar-refractivity contribution in [3.05, 3.63) is 28.8 Å². The van der Waals surface area contributed by atoms with E-state index in [1.165, 1.54) is 6.42 Å². The van der Waals surface area contributed by atoms with Gasteiger partial charge in [-0.25, -0.2) is 0 Å². The molecule has 0 saturated heterocycles. The number of carbonyl (C=O) groups excluding carboxylic acids is 1. The van der Waals surface area contributed by atoms with Crippen molar-refractivity contribution in [2.75, 3.05) is 7.11 Å². The van der Waals surface area contributed by atoms with Crippen LogP contribution in [0, 0.1) is 17.8 Å². The molecule has 102 valence electrons. The van der Waals surface area contributed by atoms with E-state index in [1.54, 1.807) is 25.3 Å². The highest BCUT2D eigenvalue weighted by molar-refractivity contribution is 6.32. The molecule has 2 N–H and O–H groups in total. The predicted molar refractivity (Wildman–Crippen MR) is 74.6 cm³/mol. The minimum Gasteiger partial charge on any atom is -0.495 e. The molecule has 1 aromatic carbocycles. The van der Waals surface area contributed by atoms with E-state index in [2.05, 4.69) is 0 Å². The fourth-order valence-electron chi connectivity index (χ4n) is 3.73. The summed E-state index contributed by atoms with van der Waals surface area (Å²) in [7, 11) is 1.55. The number of carbonyl (C=O) groups is 1. The Kier molecular flexibility index (Phi) is 3.27. The van der Waals surface area contributed by atoms with Gasteiger partial charge in [-0.15, -0.1) is 0 Å². The molecule has 2 fully saturated rings. The minimum atomic E-state index is -0.0235. The van der Waals surface area contributed by atoms with E-state index >= 15 is 0 Å². The molecule has 4 unspecified atom stereocenters. The van der Waals surface area contributed by atoms with Crippen molar-refractivity contribution in [2.24, 2.45) is 23.5 Å². The number of benzene rings is 1. The van der Waals surface area contributed by atoms with Crippen LogP contribution in [0.3, 0.4) is 0 Å². The van der Waals surface area contributed by atoms with E-state index in [9.17, 15) is 4.79 Å². The monoisotopic (exact) mass is 279 g/mol. The maximum absolute atomic E-state index is 12.6. The van der Waals surface area contributed by atoms with Crippen LogP contribution in [0.5, 0.6) is 5.75 Å². The molecule has 0 aromatic heterocycles. The number of hydrogen-bond acceptors (Lipinski definition) is 3. The molecule has 2 bridgehead atoms. The van der Waals surface area contributed by atoms with Gasteiger partial charge in [-0.1, -0.05) is 11.6 Å². The molecule has 4 atom stereocenters. The van der Waals surface area contributed by atoms with Crippen LogP contribution in [-0.4, -0.2) is 18.9 Å². The Labute approximate surface area is 118 Å². The molecule has 0 aliphatic heterocycles. The van der Waals surface area contributed by atoms with Gasteiger partial charge in [0, 0.05) is 17.5 Å². The van der Waals surface area contributed by atoms with Crippen LogP contribution in [-0.2, 0) is 0 Å². The summed E-state index contributed by atoms with van der Waals surface area (Å²) in [5.41, 5.74) is 6.89. The van der Waals surface area contributed by atoms with Gasteiger partial charge in [0.2, 0.25) is 0 Å². The number of halogens is 1. The molecule has 4 heteroatoms. The zero-order chi connectivity index (χ0) is 13.6. The van der Waals surface area contributed by atoms with E-state index in [1.807, 2.05) is 0 Å². The highest BCUT2D eigenvalue weighted by Crippen LogP contribution is 2.48. The van der Waals surface area contributed by atoms with Gasteiger partial charge in [0.05, 0.1) is 12.1 Å². The summed E-state index contributed by atoms with van der Waals surface area (Å²) >= 11 is 5.99. The van der Waals surface area contributed by atoms with Gasteiger partial charge in [0.1, 0.15) is 5.75 Å². The van der Waals surface area contributed by atoms with Gasteiger partial charge in [-0.2, -0.15) is 0 Å². The van der Waals surface area contributed by atoms with Crippen LogP contribution < -0.4 is 10.5 Å². The molecule has 0 spiro atoms. The molecular formula is C15H18ClNO2. The normalized spacial score (nSPS) is 32.6. The number of methoxy groups -OCH3 is 1. The molecule has 19 heavy (non-hydrogen) atoms. The Balaban J connectivity index is 1.88. The van der Waals surface area contributed by atoms with Crippen molar-refractivity contribution < 1.29 is 9.53 Å². The molecule has 2 aliphatic rings. The van der Waals surface area contributed by atoms with Gasteiger partial charge >= 0.3 is 0 Å². The topological polar surface area (TPSA) is 52.3 Å². The quantitative estimate of drug-likeness (QED) is 0.866. The van der Waals surface area contributed by atoms with Crippen LogP contribution >= 0.6 is 11.6 Å². The van der Waals surface area contributed by atoms with Crippen molar-refractivity contribution >= 4 is 17.4 Å². The molecule has 3 nitrogen and oxygen atoms in total. The standard InChI is InChI=1S/C15H18ClNO2/c1-19-12-7-10(4-5-11(12)16)15(18)13-8-2-3-9(6-8)14(13)17/h4-5,7-9,13-14H,2-3,6,17H2,1H3. The number of Topliss-reactive ketones (excluding diaryl/α,β-unsaturated/α-hetero) is 1. The second-order valence-electron chi connectivity index (χ2n) is 5.65. The largest absolute Gasteiger partial charge is 0.495 e. The summed E-state index contributed by atoms with van der Waals surface area (Å²) in [5, 5.41) is 0.524. The summed E-state index contributed by atoms with van der Waals surface area (Å²) in [6.07, 6.45) is 3.43. The molecule has 0 amide bonds. The molecule has 2 saturated carbocycles. The molecule has 0 radical (unpaired) electrons. The van der Waals surface area contributed by atoms with Crippen LogP contribution in [0.1, 0.15) is 29.6 Å². The van der Waals surface area contributed by atoms with E-state index in [4.69, 9.17) is 22.1 Å². The second-order valence-corrected chi connectivity index (χ2v) is 6.06. The Morgan fingerprint density at radius 3 is 2.74 bits per heavy atom. The second kappa shape index (κ2) is 4.80. The Hall–Kier alpha value is -1.06. The van der Waals surface area contributed by atoms with Crippen LogP contribution in [0.15, 0.2) is 18.2 Å². The van der Waals surface area contributed by atoms with Crippen LogP contribution in [0.2, 0.25) is 5.02 Å². The summed E-state index contributed by atoms with van der Waals surface area (Å²) in [4.78, 5) is 12.6. The van der Waals surface area contributed by atoms with Gasteiger partial charge in [0.15, 0.2) is 5.78 Å². The first-order chi connectivity index (χ1) is 9.11. The number of hydrogen-bond donors (Lipinski definition) is 1. The average molecular weight is 280 g/mol. The molecule has 2 aliphatic carbocycles. The van der Waals surface area contributed by atoms with Crippen molar-refractivity contribution in [3.8, 4) is 5.75 Å². The molecule has 0 heterocycles. The molecule has 3 rings (SSSR count).